The van der Waals surface area contributed by atoms with Crippen molar-refractivity contribution in [3.8, 4) is 5.75 Å². The van der Waals surface area contributed by atoms with Crippen molar-refractivity contribution in [3.63, 3.8) is 0 Å². The number of amides is 1. The van der Waals surface area contributed by atoms with Crippen LogP contribution in [0.15, 0.2) is 54.6 Å². The maximum atomic E-state index is 12.2. The van der Waals surface area contributed by atoms with E-state index in [1.165, 1.54) is 24.3 Å². The molecular weight excluding hydrogens is 296 g/mol. The Morgan fingerprint density at radius 2 is 1.70 bits per heavy atom. The fourth-order valence-electron chi connectivity index (χ4n) is 2.06. The Labute approximate surface area is 134 Å². The van der Waals surface area contributed by atoms with E-state index in [1.54, 1.807) is 6.92 Å². The molecule has 6 heteroatoms. The van der Waals surface area contributed by atoms with Crippen LogP contribution in [-0.4, -0.2) is 16.9 Å². The van der Waals surface area contributed by atoms with Crippen LogP contribution in [0.1, 0.15) is 25.5 Å². The van der Waals surface area contributed by atoms with Crippen molar-refractivity contribution < 1.29 is 14.5 Å². The fourth-order valence-corrected chi connectivity index (χ4v) is 2.06. The maximum absolute atomic E-state index is 12.2. The molecule has 0 radical (unpaired) electrons. The van der Waals surface area contributed by atoms with E-state index in [4.69, 9.17) is 4.74 Å². The van der Waals surface area contributed by atoms with Gasteiger partial charge in [-0.25, -0.2) is 0 Å². The van der Waals surface area contributed by atoms with Gasteiger partial charge in [0.05, 0.1) is 11.0 Å². The van der Waals surface area contributed by atoms with E-state index in [0.717, 1.165) is 5.56 Å². The number of rotatable bonds is 6. The number of non-ortho nitro benzene ring substituents is 1. The molecule has 0 fully saturated rings. The molecule has 1 amide bonds. The van der Waals surface area contributed by atoms with Gasteiger partial charge in [0.25, 0.3) is 11.6 Å². The summed E-state index contributed by atoms with van der Waals surface area (Å²) in [4.78, 5) is 22.3. The van der Waals surface area contributed by atoms with E-state index >= 15 is 0 Å². The maximum Gasteiger partial charge on any atom is 0.269 e. The van der Waals surface area contributed by atoms with Crippen LogP contribution in [0.25, 0.3) is 0 Å². The lowest BCUT2D eigenvalue weighted by molar-refractivity contribution is -0.384. The molecule has 0 saturated carbocycles. The normalized spacial score (nSPS) is 13.0. The van der Waals surface area contributed by atoms with Crippen molar-refractivity contribution in [1.29, 1.82) is 0 Å². The topological polar surface area (TPSA) is 81.5 Å². The van der Waals surface area contributed by atoms with Gasteiger partial charge in [-0.1, -0.05) is 30.3 Å². The van der Waals surface area contributed by atoms with Crippen LogP contribution in [0, 0.1) is 10.1 Å². The number of nitrogens with one attached hydrogen (secondary N) is 1. The van der Waals surface area contributed by atoms with E-state index < -0.39 is 11.0 Å². The Morgan fingerprint density at radius 1 is 1.09 bits per heavy atom. The third kappa shape index (κ3) is 4.54. The monoisotopic (exact) mass is 314 g/mol. The zero-order valence-corrected chi connectivity index (χ0v) is 12.9. The Morgan fingerprint density at radius 3 is 2.26 bits per heavy atom. The molecule has 0 aliphatic heterocycles. The lowest BCUT2D eigenvalue weighted by Gasteiger charge is -2.19. The molecule has 0 saturated heterocycles. The minimum absolute atomic E-state index is 0.0212. The Hall–Kier alpha value is -2.89. The third-order valence-electron chi connectivity index (χ3n) is 3.39. The number of nitrogens with zero attached hydrogens (tertiary/aromatic N) is 1. The minimum atomic E-state index is -0.706. The second-order valence-electron chi connectivity index (χ2n) is 5.15. The SMILES string of the molecule is C[C@@H](Oc1ccc([N+](=O)[O-])cc1)C(=O)N[C@H](C)c1ccccc1. The molecule has 0 unspecified atom stereocenters. The standard InChI is InChI=1S/C17H18N2O4/c1-12(14-6-4-3-5-7-14)18-17(20)13(2)23-16-10-8-15(9-11-16)19(21)22/h3-13H,1-2H3,(H,18,20)/t12-,13-/m1/s1. The first kappa shape index (κ1) is 16.5. The largest absolute Gasteiger partial charge is 0.481 e. The number of carbonyl (C=O) groups excluding carboxylic acids is 1. The first-order valence-corrected chi connectivity index (χ1v) is 7.24. The van der Waals surface area contributed by atoms with Gasteiger partial charge in [-0.2, -0.15) is 0 Å². The van der Waals surface area contributed by atoms with Crippen LogP contribution in [0.5, 0.6) is 5.75 Å². The van der Waals surface area contributed by atoms with Gasteiger partial charge in [-0.15, -0.1) is 0 Å². The molecule has 0 spiro atoms. The first-order chi connectivity index (χ1) is 11.0. The second kappa shape index (κ2) is 7.40. The highest BCUT2D eigenvalue weighted by Gasteiger charge is 2.18. The van der Waals surface area contributed by atoms with Crippen LogP contribution in [-0.2, 0) is 4.79 Å². The summed E-state index contributed by atoms with van der Waals surface area (Å²) in [6.45, 7) is 3.53. The molecule has 0 aromatic heterocycles. The summed E-state index contributed by atoms with van der Waals surface area (Å²) < 4.78 is 5.51. The van der Waals surface area contributed by atoms with Crippen LogP contribution < -0.4 is 10.1 Å². The van der Waals surface area contributed by atoms with Gasteiger partial charge in [0.1, 0.15) is 5.75 Å². The van der Waals surface area contributed by atoms with E-state index in [1.807, 2.05) is 37.3 Å². The highest BCUT2D eigenvalue weighted by atomic mass is 16.6. The number of hydrogen-bond acceptors (Lipinski definition) is 4. The Balaban J connectivity index is 1.93. The lowest BCUT2D eigenvalue weighted by Crippen LogP contribution is -2.37. The lowest BCUT2D eigenvalue weighted by atomic mass is 10.1. The van der Waals surface area contributed by atoms with Crippen molar-refractivity contribution in [1.82, 2.24) is 5.32 Å². The molecule has 120 valence electrons. The average Bonchev–Trinajstić information content (AvgIpc) is 2.56. The average molecular weight is 314 g/mol. The van der Waals surface area contributed by atoms with Crippen molar-refractivity contribution in [2.75, 3.05) is 0 Å². The number of ether oxygens (including phenoxy) is 1. The fraction of sp³-hybridized carbons (Fsp3) is 0.235. The molecule has 2 aromatic carbocycles. The number of nitro groups is 1. The second-order valence-corrected chi connectivity index (χ2v) is 5.15. The van der Waals surface area contributed by atoms with Gasteiger partial charge in [0, 0.05) is 12.1 Å². The van der Waals surface area contributed by atoms with Gasteiger partial charge in [0.15, 0.2) is 6.10 Å². The van der Waals surface area contributed by atoms with E-state index in [9.17, 15) is 14.9 Å². The molecule has 2 atom stereocenters. The van der Waals surface area contributed by atoms with Gasteiger partial charge in [-0.05, 0) is 31.5 Å². The van der Waals surface area contributed by atoms with Gasteiger partial charge in [-0.3, -0.25) is 14.9 Å². The zero-order valence-electron chi connectivity index (χ0n) is 12.9. The van der Waals surface area contributed by atoms with E-state index in [0.29, 0.717) is 5.75 Å². The van der Waals surface area contributed by atoms with E-state index in [2.05, 4.69) is 5.32 Å². The molecule has 0 aliphatic rings. The summed E-state index contributed by atoms with van der Waals surface area (Å²) in [5.41, 5.74) is 0.982. The van der Waals surface area contributed by atoms with Crippen molar-refractivity contribution >= 4 is 11.6 Å². The van der Waals surface area contributed by atoms with Crippen LogP contribution >= 0.6 is 0 Å². The Bertz CT molecular complexity index is 671. The molecule has 23 heavy (non-hydrogen) atoms. The first-order valence-electron chi connectivity index (χ1n) is 7.24. The van der Waals surface area contributed by atoms with Crippen LogP contribution in [0.2, 0.25) is 0 Å². The molecule has 0 heterocycles. The molecule has 0 bridgehead atoms. The summed E-state index contributed by atoms with van der Waals surface area (Å²) in [7, 11) is 0. The Kier molecular flexibility index (Phi) is 5.30. The van der Waals surface area contributed by atoms with E-state index in [-0.39, 0.29) is 17.6 Å². The van der Waals surface area contributed by atoms with Crippen LogP contribution in [0.4, 0.5) is 5.69 Å². The van der Waals surface area contributed by atoms with Gasteiger partial charge >= 0.3 is 0 Å². The highest BCUT2D eigenvalue weighted by molar-refractivity contribution is 5.81. The quantitative estimate of drug-likeness (QED) is 0.655. The molecule has 1 N–H and O–H groups in total. The number of benzene rings is 2. The minimum Gasteiger partial charge on any atom is -0.481 e. The number of carbonyl (C=O) groups is 1. The number of hydrogen-bond donors (Lipinski definition) is 1. The summed E-state index contributed by atoms with van der Waals surface area (Å²) in [5.74, 6) is 0.158. The summed E-state index contributed by atoms with van der Waals surface area (Å²) in [6.07, 6.45) is -0.706. The molecule has 2 rings (SSSR count). The van der Waals surface area contributed by atoms with Crippen LogP contribution in [0.3, 0.4) is 0 Å². The summed E-state index contributed by atoms with van der Waals surface area (Å²) in [5, 5.41) is 13.5. The predicted molar refractivity (Wildman–Crippen MR) is 86.2 cm³/mol. The van der Waals surface area contributed by atoms with Crippen molar-refractivity contribution in [3.05, 3.63) is 70.3 Å². The zero-order chi connectivity index (χ0) is 16.8. The predicted octanol–water partition coefficient (Wildman–Crippen LogP) is 3.24. The summed E-state index contributed by atoms with van der Waals surface area (Å²) >= 11 is 0. The highest BCUT2D eigenvalue weighted by Crippen LogP contribution is 2.19. The molecule has 6 nitrogen and oxygen atoms in total. The van der Waals surface area contributed by atoms with Crippen molar-refractivity contribution in [2.45, 2.75) is 26.0 Å². The van der Waals surface area contributed by atoms with Crippen molar-refractivity contribution in [2.24, 2.45) is 0 Å². The molecule has 0 aliphatic carbocycles. The molecular formula is C17H18N2O4. The van der Waals surface area contributed by atoms with Gasteiger partial charge in [0.2, 0.25) is 0 Å². The smallest absolute Gasteiger partial charge is 0.269 e. The molecule has 2 aromatic rings. The van der Waals surface area contributed by atoms with Gasteiger partial charge < -0.3 is 10.1 Å². The number of nitro benzene ring substituents is 1. The third-order valence-corrected chi connectivity index (χ3v) is 3.39. The summed E-state index contributed by atoms with van der Waals surface area (Å²) in [6, 6.07) is 15.1.